The summed E-state index contributed by atoms with van der Waals surface area (Å²) in [6.45, 7) is 4.40. The molecule has 5 nitrogen and oxygen atoms in total. The first-order chi connectivity index (χ1) is 9.16. The minimum absolute atomic E-state index is 0.222. The Hall–Kier alpha value is -1.75. The van der Waals surface area contributed by atoms with Gasteiger partial charge in [-0.15, -0.1) is 0 Å². The van der Waals surface area contributed by atoms with E-state index in [-0.39, 0.29) is 5.56 Å². The second kappa shape index (κ2) is 6.43. The molecule has 1 aromatic carbocycles. The molecule has 2 rings (SSSR count). The number of carboxylic acid groups (broad SMARTS) is 1. The minimum Gasteiger partial charge on any atom is -0.478 e. The van der Waals surface area contributed by atoms with E-state index in [1.165, 1.54) is 32.0 Å². The van der Waals surface area contributed by atoms with Crippen LogP contribution in [0.25, 0.3) is 0 Å². The SMILES string of the molecule is Nc1cc(C(=O)O)ccc1NCCCN1CCCC1. The van der Waals surface area contributed by atoms with Crippen molar-refractivity contribution in [1.29, 1.82) is 0 Å². The molecule has 0 unspecified atom stereocenters. The fourth-order valence-corrected chi connectivity index (χ4v) is 2.39. The van der Waals surface area contributed by atoms with Crippen molar-refractivity contribution in [3.63, 3.8) is 0 Å². The maximum atomic E-state index is 10.8. The Morgan fingerprint density at radius 1 is 1.37 bits per heavy atom. The van der Waals surface area contributed by atoms with Crippen molar-refractivity contribution < 1.29 is 9.90 Å². The molecule has 1 aliphatic rings. The molecule has 1 fully saturated rings. The van der Waals surface area contributed by atoms with Crippen molar-refractivity contribution in [3.05, 3.63) is 23.8 Å². The molecule has 0 bridgehead atoms. The van der Waals surface area contributed by atoms with Crippen LogP contribution >= 0.6 is 0 Å². The summed E-state index contributed by atoms with van der Waals surface area (Å²) in [6, 6.07) is 4.79. The highest BCUT2D eigenvalue weighted by atomic mass is 16.4. The zero-order chi connectivity index (χ0) is 13.7. The molecule has 0 aliphatic carbocycles. The fraction of sp³-hybridized carbons (Fsp3) is 0.500. The van der Waals surface area contributed by atoms with Crippen LogP contribution in [0.1, 0.15) is 29.6 Å². The highest BCUT2D eigenvalue weighted by molar-refractivity contribution is 5.90. The average Bonchev–Trinajstić information content (AvgIpc) is 2.89. The van der Waals surface area contributed by atoms with Crippen LogP contribution in [-0.2, 0) is 0 Å². The molecular weight excluding hydrogens is 242 g/mol. The third-order valence-corrected chi connectivity index (χ3v) is 3.46. The summed E-state index contributed by atoms with van der Waals surface area (Å²) in [7, 11) is 0. The van der Waals surface area contributed by atoms with Gasteiger partial charge in [-0.25, -0.2) is 4.79 Å². The lowest BCUT2D eigenvalue weighted by Gasteiger charge is -2.15. The summed E-state index contributed by atoms with van der Waals surface area (Å²) >= 11 is 0. The highest BCUT2D eigenvalue weighted by Gasteiger charge is 2.10. The number of anilines is 2. The van der Waals surface area contributed by atoms with E-state index in [0.29, 0.717) is 5.69 Å². The number of hydrogen-bond donors (Lipinski definition) is 3. The topological polar surface area (TPSA) is 78.6 Å². The van der Waals surface area contributed by atoms with Crippen LogP contribution in [0.15, 0.2) is 18.2 Å². The largest absolute Gasteiger partial charge is 0.478 e. The molecule has 1 aliphatic heterocycles. The Morgan fingerprint density at radius 2 is 2.11 bits per heavy atom. The normalized spacial score (nSPS) is 15.6. The van der Waals surface area contributed by atoms with E-state index in [1.807, 2.05) is 0 Å². The van der Waals surface area contributed by atoms with Gasteiger partial charge in [0.2, 0.25) is 0 Å². The van der Waals surface area contributed by atoms with Gasteiger partial charge in [0, 0.05) is 6.54 Å². The van der Waals surface area contributed by atoms with E-state index in [2.05, 4.69) is 10.2 Å². The van der Waals surface area contributed by atoms with Crippen LogP contribution < -0.4 is 11.1 Å². The van der Waals surface area contributed by atoms with Crippen LogP contribution in [0.5, 0.6) is 0 Å². The second-order valence-electron chi connectivity index (χ2n) is 4.94. The highest BCUT2D eigenvalue weighted by Crippen LogP contribution is 2.20. The van der Waals surface area contributed by atoms with Crippen molar-refractivity contribution in [2.24, 2.45) is 0 Å². The first-order valence-electron chi connectivity index (χ1n) is 6.76. The average molecular weight is 263 g/mol. The van der Waals surface area contributed by atoms with Crippen LogP contribution in [-0.4, -0.2) is 42.2 Å². The number of carbonyl (C=O) groups is 1. The van der Waals surface area contributed by atoms with Crippen molar-refractivity contribution in [1.82, 2.24) is 4.90 Å². The molecule has 0 spiro atoms. The van der Waals surface area contributed by atoms with E-state index >= 15 is 0 Å². The number of hydrogen-bond acceptors (Lipinski definition) is 4. The fourth-order valence-electron chi connectivity index (χ4n) is 2.39. The second-order valence-corrected chi connectivity index (χ2v) is 4.94. The smallest absolute Gasteiger partial charge is 0.335 e. The van der Waals surface area contributed by atoms with Gasteiger partial charge in [0.15, 0.2) is 0 Å². The summed E-state index contributed by atoms with van der Waals surface area (Å²) in [5.41, 5.74) is 7.35. The molecule has 0 saturated carbocycles. The predicted molar refractivity (Wildman–Crippen MR) is 76.6 cm³/mol. The maximum Gasteiger partial charge on any atom is 0.335 e. The third kappa shape index (κ3) is 3.86. The van der Waals surface area contributed by atoms with Crippen LogP contribution in [0.3, 0.4) is 0 Å². The van der Waals surface area contributed by atoms with Gasteiger partial charge < -0.3 is 21.1 Å². The lowest BCUT2D eigenvalue weighted by Crippen LogP contribution is -2.22. The number of benzene rings is 1. The molecule has 0 radical (unpaired) electrons. The van der Waals surface area contributed by atoms with Crippen LogP contribution in [0.4, 0.5) is 11.4 Å². The number of carboxylic acids is 1. The molecule has 4 N–H and O–H groups in total. The number of likely N-dealkylation sites (tertiary alicyclic amines) is 1. The Kier molecular flexibility index (Phi) is 4.63. The quantitative estimate of drug-likeness (QED) is 0.539. The Labute approximate surface area is 113 Å². The Morgan fingerprint density at radius 3 is 2.74 bits per heavy atom. The number of nitrogens with zero attached hydrogens (tertiary/aromatic N) is 1. The van der Waals surface area contributed by atoms with E-state index in [4.69, 9.17) is 10.8 Å². The third-order valence-electron chi connectivity index (χ3n) is 3.46. The standard InChI is InChI=1S/C14H21N3O2/c15-12-10-11(14(18)19)4-5-13(12)16-6-3-9-17-7-1-2-8-17/h4-5,10,16H,1-3,6-9,15H2,(H,18,19). The lowest BCUT2D eigenvalue weighted by atomic mass is 10.1. The first-order valence-corrected chi connectivity index (χ1v) is 6.76. The summed E-state index contributed by atoms with van der Waals surface area (Å²) < 4.78 is 0. The van der Waals surface area contributed by atoms with Crippen LogP contribution in [0.2, 0.25) is 0 Å². The van der Waals surface area contributed by atoms with E-state index in [1.54, 1.807) is 12.1 Å². The molecule has 1 heterocycles. The van der Waals surface area contributed by atoms with Crippen molar-refractivity contribution >= 4 is 17.3 Å². The van der Waals surface area contributed by atoms with Crippen molar-refractivity contribution in [2.45, 2.75) is 19.3 Å². The van der Waals surface area contributed by atoms with Crippen LogP contribution in [0, 0.1) is 0 Å². The Bertz CT molecular complexity index is 442. The van der Waals surface area contributed by atoms with E-state index in [9.17, 15) is 4.79 Å². The number of aromatic carboxylic acids is 1. The minimum atomic E-state index is -0.952. The summed E-state index contributed by atoms with van der Waals surface area (Å²) in [4.78, 5) is 13.3. The molecule has 1 saturated heterocycles. The lowest BCUT2D eigenvalue weighted by molar-refractivity contribution is 0.0697. The maximum absolute atomic E-state index is 10.8. The monoisotopic (exact) mass is 263 g/mol. The first kappa shape index (κ1) is 13.7. The van der Waals surface area contributed by atoms with Gasteiger partial charge >= 0.3 is 5.97 Å². The zero-order valence-corrected chi connectivity index (χ0v) is 11.1. The molecule has 1 aromatic rings. The summed E-state index contributed by atoms with van der Waals surface area (Å²) in [6.07, 6.45) is 3.70. The van der Waals surface area contributed by atoms with Gasteiger partial charge in [-0.3, -0.25) is 0 Å². The summed E-state index contributed by atoms with van der Waals surface area (Å²) in [5.74, 6) is -0.952. The van der Waals surface area contributed by atoms with Crippen molar-refractivity contribution in [3.8, 4) is 0 Å². The molecule has 0 atom stereocenters. The van der Waals surface area contributed by atoms with Gasteiger partial charge in [-0.2, -0.15) is 0 Å². The Balaban J connectivity index is 1.77. The summed E-state index contributed by atoms with van der Waals surface area (Å²) in [5, 5.41) is 12.1. The number of nitrogens with one attached hydrogen (secondary N) is 1. The van der Waals surface area contributed by atoms with Gasteiger partial charge in [0.1, 0.15) is 0 Å². The molecule has 0 amide bonds. The van der Waals surface area contributed by atoms with Gasteiger partial charge in [-0.05, 0) is 57.1 Å². The molecular formula is C14H21N3O2. The molecule has 104 valence electrons. The molecule has 5 heteroatoms. The molecule has 19 heavy (non-hydrogen) atoms. The number of nitrogens with two attached hydrogens (primary N) is 1. The van der Waals surface area contributed by atoms with E-state index < -0.39 is 5.97 Å². The number of rotatable bonds is 6. The predicted octanol–water partition coefficient (Wildman–Crippen LogP) is 1.86. The molecule has 0 aromatic heterocycles. The zero-order valence-electron chi connectivity index (χ0n) is 11.1. The van der Waals surface area contributed by atoms with Gasteiger partial charge in [0.25, 0.3) is 0 Å². The number of nitrogen functional groups attached to an aromatic ring is 1. The van der Waals surface area contributed by atoms with Crippen molar-refractivity contribution in [2.75, 3.05) is 37.2 Å². The van der Waals surface area contributed by atoms with E-state index in [0.717, 1.165) is 25.2 Å². The van der Waals surface area contributed by atoms with Gasteiger partial charge in [-0.1, -0.05) is 0 Å². The van der Waals surface area contributed by atoms with Gasteiger partial charge in [0.05, 0.1) is 16.9 Å².